The maximum Gasteiger partial charge on any atom is 0.309 e. The van der Waals surface area contributed by atoms with E-state index in [4.69, 9.17) is 18.9 Å². The summed E-state index contributed by atoms with van der Waals surface area (Å²) >= 11 is 0. The van der Waals surface area contributed by atoms with Crippen LogP contribution in [-0.4, -0.2) is 62.1 Å². The molecule has 1 fully saturated rings. The Labute approximate surface area is 250 Å². The molecule has 5 rings (SSSR count). The van der Waals surface area contributed by atoms with Gasteiger partial charge in [0.2, 0.25) is 18.4 Å². The van der Waals surface area contributed by atoms with Crippen LogP contribution in [0.2, 0.25) is 0 Å². The predicted molar refractivity (Wildman–Crippen MR) is 158 cm³/mol. The molecule has 0 aromatic heterocycles. The Morgan fingerprint density at radius 1 is 1.05 bits per heavy atom. The highest BCUT2D eigenvalue weighted by Gasteiger charge is 2.49. The van der Waals surface area contributed by atoms with E-state index in [0.29, 0.717) is 23.5 Å². The van der Waals surface area contributed by atoms with E-state index in [1.165, 1.54) is 6.07 Å². The molecule has 0 saturated carbocycles. The molecule has 9 nitrogen and oxygen atoms in total. The molecule has 2 aliphatic rings. The molecule has 2 aliphatic heterocycles. The number of hydrogen-bond acceptors (Lipinski definition) is 7. The first-order valence-corrected chi connectivity index (χ1v) is 14.5. The molecule has 0 bridgehead atoms. The Balaban J connectivity index is 1.53. The van der Waals surface area contributed by atoms with Gasteiger partial charge in [0.1, 0.15) is 12.4 Å². The van der Waals surface area contributed by atoms with Crippen molar-refractivity contribution in [3.63, 3.8) is 0 Å². The molecule has 3 aromatic rings. The Morgan fingerprint density at radius 2 is 1.79 bits per heavy atom. The van der Waals surface area contributed by atoms with Crippen molar-refractivity contribution in [3.05, 3.63) is 82.7 Å². The molecule has 1 unspecified atom stereocenters. The minimum atomic E-state index is -1.06. The Kier molecular flexibility index (Phi) is 9.47. The lowest BCUT2D eigenvalue weighted by Crippen LogP contribution is -2.35. The number of rotatable bonds is 12. The van der Waals surface area contributed by atoms with Gasteiger partial charge < -0.3 is 29.4 Å². The lowest BCUT2D eigenvalue weighted by molar-refractivity contribution is -0.143. The molecule has 10 heteroatoms. The zero-order chi connectivity index (χ0) is 30.5. The van der Waals surface area contributed by atoms with Crippen LogP contribution in [0.15, 0.2) is 54.6 Å². The summed E-state index contributed by atoms with van der Waals surface area (Å²) < 4.78 is 36.8. The second-order valence-electron chi connectivity index (χ2n) is 10.7. The minimum Gasteiger partial charge on any atom is -0.491 e. The van der Waals surface area contributed by atoms with Crippen molar-refractivity contribution in [2.45, 2.75) is 38.6 Å². The summed E-state index contributed by atoms with van der Waals surface area (Å²) in [5, 5.41) is 13.7. The van der Waals surface area contributed by atoms with E-state index >= 15 is 4.39 Å². The number of methoxy groups -OCH3 is 1. The highest BCUT2D eigenvalue weighted by Crippen LogP contribution is 2.50. The Bertz CT molecular complexity index is 1460. The second kappa shape index (κ2) is 13.4. The number of nitrogens with one attached hydrogen (secondary N) is 1. The number of carboxylic acid groups (broad SMARTS) is 1. The predicted octanol–water partition coefficient (Wildman–Crippen LogP) is 5.18. The Hall–Kier alpha value is -4.15. The number of carbonyl (C=O) groups excluding carboxylic acids is 1. The second-order valence-corrected chi connectivity index (χ2v) is 10.7. The number of aliphatic carboxylic acids is 1. The van der Waals surface area contributed by atoms with Crippen LogP contribution in [0.3, 0.4) is 0 Å². The average Bonchev–Trinajstić information content (AvgIpc) is 3.63. The van der Waals surface area contributed by atoms with Gasteiger partial charge in [0, 0.05) is 30.8 Å². The monoisotopic (exact) mass is 592 g/mol. The van der Waals surface area contributed by atoms with Gasteiger partial charge in [0.15, 0.2) is 11.6 Å². The topological polar surface area (TPSA) is 107 Å². The van der Waals surface area contributed by atoms with Crippen molar-refractivity contribution in [1.29, 1.82) is 0 Å². The molecule has 2 N–H and O–H groups in total. The van der Waals surface area contributed by atoms with Crippen molar-refractivity contribution < 1.29 is 38.0 Å². The SMILES string of the molecule is CCc1cccc(CC)c1NC(=O)CN1C[C@H](c2cc(F)c3c(c2)OCO3)C(C(=O)O)[C@@H]1c1ccccc1OCCOC. The number of para-hydroxylation sites is 2. The van der Waals surface area contributed by atoms with E-state index in [0.717, 1.165) is 29.7 Å². The first-order chi connectivity index (χ1) is 20.9. The fraction of sp³-hybridized carbons (Fsp3) is 0.394. The Morgan fingerprint density at radius 3 is 2.49 bits per heavy atom. The van der Waals surface area contributed by atoms with Crippen LogP contribution >= 0.6 is 0 Å². The summed E-state index contributed by atoms with van der Waals surface area (Å²) in [5.74, 6) is -2.86. The number of hydrogen-bond donors (Lipinski definition) is 2. The molecule has 2 heterocycles. The number of fused-ring (bicyclic) bond motifs is 1. The van der Waals surface area contributed by atoms with E-state index in [2.05, 4.69) is 5.32 Å². The molecular weight excluding hydrogens is 555 g/mol. The highest BCUT2D eigenvalue weighted by molar-refractivity contribution is 5.94. The van der Waals surface area contributed by atoms with Gasteiger partial charge in [-0.05, 0) is 47.7 Å². The third-order valence-electron chi connectivity index (χ3n) is 8.15. The van der Waals surface area contributed by atoms with Crippen LogP contribution < -0.4 is 19.5 Å². The highest BCUT2D eigenvalue weighted by atomic mass is 19.1. The molecule has 43 heavy (non-hydrogen) atoms. The molecule has 1 saturated heterocycles. The van der Waals surface area contributed by atoms with Crippen LogP contribution in [-0.2, 0) is 27.2 Å². The van der Waals surface area contributed by atoms with E-state index in [1.54, 1.807) is 19.2 Å². The summed E-state index contributed by atoms with van der Waals surface area (Å²) in [6.45, 7) is 4.69. The van der Waals surface area contributed by atoms with Gasteiger partial charge in [-0.25, -0.2) is 4.39 Å². The maximum atomic E-state index is 15.0. The fourth-order valence-electron chi connectivity index (χ4n) is 6.16. The summed E-state index contributed by atoms with van der Waals surface area (Å²) in [6, 6.07) is 15.4. The van der Waals surface area contributed by atoms with Gasteiger partial charge in [-0.1, -0.05) is 50.2 Å². The lowest BCUT2D eigenvalue weighted by atomic mass is 9.82. The van der Waals surface area contributed by atoms with E-state index < -0.39 is 29.7 Å². The normalized spacial score (nSPS) is 19.4. The smallest absolute Gasteiger partial charge is 0.309 e. The molecule has 228 valence electrons. The van der Waals surface area contributed by atoms with E-state index in [-0.39, 0.29) is 43.9 Å². The first kappa shape index (κ1) is 30.3. The van der Waals surface area contributed by atoms with Crippen molar-refractivity contribution in [2.75, 3.05) is 45.5 Å². The summed E-state index contributed by atoms with van der Waals surface area (Å²) in [7, 11) is 1.57. The van der Waals surface area contributed by atoms with Crippen molar-refractivity contribution in [3.8, 4) is 17.2 Å². The van der Waals surface area contributed by atoms with Gasteiger partial charge >= 0.3 is 5.97 Å². The third-order valence-corrected chi connectivity index (χ3v) is 8.15. The van der Waals surface area contributed by atoms with Crippen molar-refractivity contribution in [2.24, 2.45) is 5.92 Å². The largest absolute Gasteiger partial charge is 0.491 e. The molecule has 0 spiro atoms. The number of nitrogens with zero attached hydrogens (tertiary/aromatic N) is 1. The first-order valence-electron chi connectivity index (χ1n) is 14.5. The minimum absolute atomic E-state index is 0.0135. The van der Waals surface area contributed by atoms with Crippen LogP contribution in [0, 0.1) is 11.7 Å². The van der Waals surface area contributed by atoms with Crippen molar-refractivity contribution in [1.82, 2.24) is 4.90 Å². The third kappa shape index (κ3) is 6.30. The standard InChI is InChI=1S/C33H37FN2O7/c1-4-20-9-8-10-21(5-2)30(20)35-28(37)18-36-17-24(22-15-25(34)32-27(16-22)42-19-43-32)29(33(38)39)31(36)23-11-6-7-12-26(23)41-14-13-40-3/h6-12,15-16,24,29,31H,4-5,13-14,17-19H2,1-3H3,(H,35,37)(H,38,39)/t24-,29?,31+/m1/s1. The number of amides is 1. The molecule has 0 radical (unpaired) electrons. The summed E-state index contributed by atoms with van der Waals surface area (Å²) in [6.07, 6.45) is 1.50. The average molecular weight is 593 g/mol. The number of carbonyl (C=O) groups is 2. The van der Waals surface area contributed by atoms with Gasteiger partial charge in [-0.3, -0.25) is 14.5 Å². The zero-order valence-electron chi connectivity index (χ0n) is 24.6. The number of ether oxygens (including phenoxy) is 4. The molecule has 1 amide bonds. The van der Waals surface area contributed by atoms with Gasteiger partial charge in [-0.2, -0.15) is 0 Å². The number of carboxylic acids is 1. The number of halogens is 1. The molecule has 0 aliphatic carbocycles. The zero-order valence-corrected chi connectivity index (χ0v) is 24.6. The maximum absolute atomic E-state index is 15.0. The van der Waals surface area contributed by atoms with Gasteiger partial charge in [0.25, 0.3) is 0 Å². The molecule has 3 aromatic carbocycles. The summed E-state index contributed by atoms with van der Waals surface area (Å²) in [4.78, 5) is 28.5. The number of aryl methyl sites for hydroxylation is 2. The van der Waals surface area contributed by atoms with Gasteiger partial charge in [-0.15, -0.1) is 0 Å². The van der Waals surface area contributed by atoms with Crippen LogP contribution in [0.25, 0.3) is 0 Å². The van der Waals surface area contributed by atoms with E-state index in [1.807, 2.05) is 55.1 Å². The quantitative estimate of drug-likeness (QED) is 0.277. The summed E-state index contributed by atoms with van der Waals surface area (Å²) in [5.41, 5.74) is 3.94. The number of likely N-dealkylation sites (tertiary alicyclic amines) is 1. The number of benzene rings is 3. The molecule has 3 atom stereocenters. The molecular formula is C33H37FN2O7. The number of anilines is 1. The van der Waals surface area contributed by atoms with Crippen molar-refractivity contribution >= 4 is 17.6 Å². The van der Waals surface area contributed by atoms with Gasteiger partial charge in [0.05, 0.1) is 25.1 Å². The fourth-order valence-corrected chi connectivity index (χ4v) is 6.16. The van der Waals surface area contributed by atoms with E-state index in [9.17, 15) is 14.7 Å². The van der Waals surface area contributed by atoms with Crippen LogP contribution in [0.4, 0.5) is 10.1 Å². The van der Waals surface area contributed by atoms with Crippen LogP contribution in [0.5, 0.6) is 17.2 Å². The lowest BCUT2D eigenvalue weighted by Gasteiger charge is -2.28. The van der Waals surface area contributed by atoms with Crippen LogP contribution in [0.1, 0.15) is 48.1 Å².